The summed E-state index contributed by atoms with van der Waals surface area (Å²) < 4.78 is 0. The van der Waals surface area contributed by atoms with E-state index in [9.17, 15) is 0 Å². The molecular formula is C16H15Cl2N. The molecule has 1 unspecified atom stereocenters. The van der Waals surface area contributed by atoms with Crippen LogP contribution in [0.3, 0.4) is 0 Å². The maximum Gasteiger partial charge on any atom is 0.0595 e. The normalized spacial score (nSPS) is 22.1. The number of rotatable bonds is 1. The van der Waals surface area contributed by atoms with Crippen molar-refractivity contribution < 1.29 is 0 Å². The van der Waals surface area contributed by atoms with E-state index in [1.54, 1.807) is 0 Å². The van der Waals surface area contributed by atoms with E-state index in [2.05, 4.69) is 30.3 Å². The van der Waals surface area contributed by atoms with E-state index in [1.807, 2.05) is 12.1 Å². The molecule has 3 rings (SSSR count). The maximum atomic E-state index is 6.19. The molecule has 0 fully saturated rings. The van der Waals surface area contributed by atoms with Gasteiger partial charge in [-0.1, -0.05) is 53.5 Å². The Morgan fingerprint density at radius 3 is 2.37 bits per heavy atom. The second-order valence-corrected chi connectivity index (χ2v) is 5.85. The topological polar surface area (TPSA) is 26.0 Å². The van der Waals surface area contributed by atoms with Crippen molar-refractivity contribution >= 4 is 23.2 Å². The number of halogens is 2. The van der Waals surface area contributed by atoms with Gasteiger partial charge in [0, 0.05) is 12.0 Å². The standard InChI is InChI=1S/C16H15Cl2N/c17-14-7-5-10(9-15(14)18)11-6-8-16(19)13-4-2-1-3-12(11)13/h1-5,7,9,11,16H,6,8,19H2/t11-,16?/m0/s1. The van der Waals surface area contributed by atoms with Crippen molar-refractivity contribution in [3.05, 3.63) is 69.2 Å². The van der Waals surface area contributed by atoms with Gasteiger partial charge in [-0.2, -0.15) is 0 Å². The van der Waals surface area contributed by atoms with Gasteiger partial charge in [0.15, 0.2) is 0 Å². The highest BCUT2D eigenvalue weighted by atomic mass is 35.5. The van der Waals surface area contributed by atoms with Crippen molar-refractivity contribution in [1.29, 1.82) is 0 Å². The van der Waals surface area contributed by atoms with Gasteiger partial charge < -0.3 is 5.73 Å². The third kappa shape index (κ3) is 2.38. The fraction of sp³-hybridized carbons (Fsp3) is 0.250. The van der Waals surface area contributed by atoms with Gasteiger partial charge in [0.1, 0.15) is 0 Å². The molecular weight excluding hydrogens is 277 g/mol. The largest absolute Gasteiger partial charge is 0.324 e. The van der Waals surface area contributed by atoms with Crippen molar-refractivity contribution in [3.63, 3.8) is 0 Å². The molecule has 98 valence electrons. The summed E-state index contributed by atoms with van der Waals surface area (Å²) >= 11 is 12.1. The first kappa shape index (κ1) is 13.0. The highest BCUT2D eigenvalue weighted by molar-refractivity contribution is 6.42. The quantitative estimate of drug-likeness (QED) is 0.793. The van der Waals surface area contributed by atoms with Gasteiger partial charge in [0.05, 0.1) is 10.0 Å². The molecule has 0 saturated carbocycles. The highest BCUT2D eigenvalue weighted by Gasteiger charge is 2.26. The van der Waals surface area contributed by atoms with Crippen LogP contribution in [0, 0.1) is 0 Å². The summed E-state index contributed by atoms with van der Waals surface area (Å²) in [5, 5.41) is 1.22. The molecule has 1 aliphatic rings. The van der Waals surface area contributed by atoms with Crippen molar-refractivity contribution in [2.75, 3.05) is 0 Å². The Bertz CT molecular complexity index is 609. The van der Waals surface area contributed by atoms with Crippen LogP contribution >= 0.6 is 23.2 Å². The van der Waals surface area contributed by atoms with E-state index >= 15 is 0 Å². The Labute approximate surface area is 123 Å². The maximum absolute atomic E-state index is 6.19. The lowest BCUT2D eigenvalue weighted by molar-refractivity contribution is 0.530. The fourth-order valence-corrected chi connectivity index (χ4v) is 3.21. The third-order valence-corrected chi connectivity index (χ3v) is 4.62. The summed E-state index contributed by atoms with van der Waals surface area (Å²) in [5.74, 6) is 0.366. The van der Waals surface area contributed by atoms with E-state index < -0.39 is 0 Å². The zero-order valence-electron chi connectivity index (χ0n) is 10.4. The second kappa shape index (κ2) is 5.16. The van der Waals surface area contributed by atoms with Crippen LogP contribution in [0.1, 0.15) is 41.5 Å². The Morgan fingerprint density at radius 2 is 1.63 bits per heavy atom. The predicted molar refractivity (Wildman–Crippen MR) is 80.9 cm³/mol. The molecule has 0 amide bonds. The lowest BCUT2D eigenvalue weighted by Crippen LogP contribution is -2.20. The molecule has 0 radical (unpaired) electrons. The lowest BCUT2D eigenvalue weighted by atomic mass is 9.77. The van der Waals surface area contributed by atoms with Gasteiger partial charge in [0.2, 0.25) is 0 Å². The molecule has 0 bridgehead atoms. The van der Waals surface area contributed by atoms with Crippen LogP contribution in [-0.4, -0.2) is 0 Å². The van der Waals surface area contributed by atoms with E-state index in [-0.39, 0.29) is 6.04 Å². The molecule has 0 spiro atoms. The average Bonchev–Trinajstić information content (AvgIpc) is 2.43. The Kier molecular flexibility index (Phi) is 3.53. The second-order valence-electron chi connectivity index (χ2n) is 5.04. The van der Waals surface area contributed by atoms with Gasteiger partial charge in [-0.05, 0) is 41.7 Å². The molecule has 3 heteroatoms. The average molecular weight is 292 g/mol. The van der Waals surface area contributed by atoms with E-state index in [0.717, 1.165) is 12.8 Å². The third-order valence-electron chi connectivity index (χ3n) is 3.88. The van der Waals surface area contributed by atoms with Gasteiger partial charge >= 0.3 is 0 Å². The molecule has 0 aliphatic heterocycles. The number of fused-ring (bicyclic) bond motifs is 1. The number of nitrogens with two attached hydrogens (primary N) is 1. The monoisotopic (exact) mass is 291 g/mol. The van der Waals surface area contributed by atoms with Gasteiger partial charge in [-0.25, -0.2) is 0 Å². The van der Waals surface area contributed by atoms with Gasteiger partial charge in [-0.15, -0.1) is 0 Å². The Balaban J connectivity index is 2.07. The number of benzene rings is 2. The smallest absolute Gasteiger partial charge is 0.0595 e. The summed E-state index contributed by atoms with van der Waals surface area (Å²) in [4.78, 5) is 0. The highest BCUT2D eigenvalue weighted by Crippen LogP contribution is 2.41. The predicted octanol–water partition coefficient (Wildman–Crippen LogP) is 4.92. The molecule has 2 atom stereocenters. The summed E-state index contributed by atoms with van der Waals surface area (Å²) in [6.45, 7) is 0. The minimum Gasteiger partial charge on any atom is -0.324 e. The molecule has 0 saturated heterocycles. The van der Waals surface area contributed by atoms with Crippen LogP contribution in [-0.2, 0) is 0 Å². The molecule has 0 heterocycles. The molecule has 2 aromatic carbocycles. The van der Waals surface area contributed by atoms with Gasteiger partial charge in [0.25, 0.3) is 0 Å². The van der Waals surface area contributed by atoms with Crippen LogP contribution in [0.25, 0.3) is 0 Å². The van der Waals surface area contributed by atoms with Gasteiger partial charge in [-0.3, -0.25) is 0 Å². The lowest BCUT2D eigenvalue weighted by Gasteiger charge is -2.30. The zero-order valence-corrected chi connectivity index (χ0v) is 12.0. The van der Waals surface area contributed by atoms with E-state index in [1.165, 1.54) is 16.7 Å². The summed E-state index contributed by atoms with van der Waals surface area (Å²) in [7, 11) is 0. The first-order valence-corrected chi connectivity index (χ1v) is 7.22. The summed E-state index contributed by atoms with van der Waals surface area (Å²) in [5.41, 5.74) is 9.98. The van der Waals surface area contributed by atoms with Crippen molar-refractivity contribution in [1.82, 2.24) is 0 Å². The van der Waals surface area contributed by atoms with E-state index in [4.69, 9.17) is 28.9 Å². The zero-order chi connectivity index (χ0) is 13.4. The number of hydrogen-bond donors (Lipinski definition) is 1. The number of hydrogen-bond acceptors (Lipinski definition) is 1. The first-order chi connectivity index (χ1) is 9.16. The van der Waals surface area contributed by atoms with Crippen LogP contribution in [0.4, 0.5) is 0 Å². The molecule has 1 nitrogen and oxygen atoms in total. The minimum absolute atomic E-state index is 0.148. The van der Waals surface area contributed by atoms with Crippen molar-refractivity contribution in [3.8, 4) is 0 Å². The van der Waals surface area contributed by atoms with Crippen LogP contribution < -0.4 is 5.73 Å². The van der Waals surface area contributed by atoms with Crippen molar-refractivity contribution in [2.45, 2.75) is 24.8 Å². The minimum atomic E-state index is 0.148. The molecule has 2 N–H and O–H groups in total. The Hall–Kier alpha value is -1.02. The molecule has 1 aliphatic carbocycles. The molecule has 0 aromatic heterocycles. The van der Waals surface area contributed by atoms with Crippen LogP contribution in [0.2, 0.25) is 10.0 Å². The first-order valence-electron chi connectivity index (χ1n) is 6.46. The van der Waals surface area contributed by atoms with Crippen molar-refractivity contribution in [2.24, 2.45) is 5.73 Å². The van der Waals surface area contributed by atoms with E-state index in [0.29, 0.717) is 16.0 Å². The van der Waals surface area contributed by atoms with Crippen LogP contribution in [0.5, 0.6) is 0 Å². The summed E-state index contributed by atoms with van der Waals surface area (Å²) in [6, 6.07) is 14.5. The molecule has 2 aromatic rings. The molecule has 19 heavy (non-hydrogen) atoms. The fourth-order valence-electron chi connectivity index (χ4n) is 2.90. The Morgan fingerprint density at radius 1 is 0.895 bits per heavy atom. The summed E-state index contributed by atoms with van der Waals surface area (Å²) in [6.07, 6.45) is 2.05. The SMILES string of the molecule is NC1CC[C@@H](c2ccc(Cl)c(Cl)c2)c2ccccc21. The van der Waals surface area contributed by atoms with Crippen LogP contribution in [0.15, 0.2) is 42.5 Å².